The first kappa shape index (κ1) is 19.8. The van der Waals surface area contributed by atoms with Crippen molar-refractivity contribution in [2.75, 3.05) is 13.2 Å². The van der Waals surface area contributed by atoms with Crippen LogP contribution < -0.4 is 10.4 Å². The van der Waals surface area contributed by atoms with Crippen molar-refractivity contribution in [2.24, 2.45) is 5.92 Å². The molecule has 0 bridgehead atoms. The van der Waals surface area contributed by atoms with Gasteiger partial charge in [-0.2, -0.15) is 0 Å². The minimum atomic E-state index is -2.46. The molecular formula is C24H32O3Si. The van der Waals surface area contributed by atoms with Crippen molar-refractivity contribution in [2.45, 2.75) is 57.5 Å². The Morgan fingerprint density at radius 3 is 1.86 bits per heavy atom. The highest BCUT2D eigenvalue weighted by Crippen LogP contribution is 2.56. The Balaban J connectivity index is 1.65. The fourth-order valence-corrected chi connectivity index (χ4v) is 9.63. The Morgan fingerprint density at radius 1 is 0.964 bits per heavy atom. The maximum atomic E-state index is 7.01. The molecule has 0 aromatic heterocycles. The molecule has 150 valence electrons. The highest BCUT2D eigenvalue weighted by Gasteiger charge is 2.69. The van der Waals surface area contributed by atoms with Crippen LogP contribution in [0.1, 0.15) is 41.0 Å². The van der Waals surface area contributed by atoms with Crippen molar-refractivity contribution in [1.29, 1.82) is 0 Å². The van der Waals surface area contributed by atoms with Crippen LogP contribution in [0.4, 0.5) is 0 Å². The molecule has 2 unspecified atom stereocenters. The van der Waals surface area contributed by atoms with Crippen molar-refractivity contribution in [1.82, 2.24) is 0 Å². The zero-order valence-corrected chi connectivity index (χ0v) is 18.7. The third-order valence-electron chi connectivity index (χ3n) is 6.38. The van der Waals surface area contributed by atoms with E-state index in [9.17, 15) is 0 Å². The molecule has 2 fully saturated rings. The topological polar surface area (TPSA) is 31.0 Å². The van der Waals surface area contributed by atoms with Crippen LogP contribution in [0.2, 0.25) is 5.04 Å². The fraction of sp³-hybridized carbons (Fsp3) is 0.500. The van der Waals surface area contributed by atoms with Crippen LogP contribution in [-0.2, 0) is 13.9 Å². The van der Waals surface area contributed by atoms with Gasteiger partial charge in [0.05, 0.1) is 5.60 Å². The average Bonchev–Trinajstić information content (AvgIpc) is 3.43. The maximum absolute atomic E-state index is 7.01. The van der Waals surface area contributed by atoms with E-state index in [-0.39, 0.29) is 16.4 Å². The molecule has 4 rings (SSSR count). The summed E-state index contributed by atoms with van der Waals surface area (Å²) < 4.78 is 18.6. The Labute approximate surface area is 170 Å². The molecule has 0 saturated carbocycles. The molecule has 1 spiro atoms. The summed E-state index contributed by atoms with van der Waals surface area (Å²) in [5, 5.41) is 2.67. The van der Waals surface area contributed by atoms with Crippen molar-refractivity contribution in [3.8, 4) is 0 Å². The molecule has 2 aromatic carbocycles. The highest BCUT2D eigenvalue weighted by atomic mass is 28.4. The van der Waals surface area contributed by atoms with Crippen LogP contribution in [0.15, 0.2) is 60.7 Å². The van der Waals surface area contributed by atoms with E-state index in [0.717, 1.165) is 19.6 Å². The monoisotopic (exact) mass is 396 g/mol. The molecule has 2 aromatic rings. The van der Waals surface area contributed by atoms with E-state index in [2.05, 4.69) is 95.3 Å². The van der Waals surface area contributed by atoms with Crippen LogP contribution in [0.25, 0.3) is 0 Å². The van der Waals surface area contributed by atoms with E-state index in [1.165, 1.54) is 10.4 Å². The van der Waals surface area contributed by atoms with Gasteiger partial charge in [0.15, 0.2) is 5.79 Å². The summed E-state index contributed by atoms with van der Waals surface area (Å²) >= 11 is 0. The first-order chi connectivity index (χ1) is 13.2. The van der Waals surface area contributed by atoms with E-state index in [0.29, 0.717) is 5.92 Å². The smallest absolute Gasteiger partial charge is 0.261 e. The molecule has 0 radical (unpaired) electrons. The van der Waals surface area contributed by atoms with Crippen molar-refractivity contribution in [3.05, 3.63) is 60.7 Å². The lowest BCUT2D eigenvalue weighted by molar-refractivity contribution is -0.303. The molecule has 0 aliphatic carbocycles. The zero-order valence-electron chi connectivity index (χ0n) is 17.7. The lowest BCUT2D eigenvalue weighted by Crippen LogP contribution is -2.67. The van der Waals surface area contributed by atoms with Crippen LogP contribution in [0.5, 0.6) is 0 Å². The molecule has 28 heavy (non-hydrogen) atoms. The number of ether oxygens (including phenoxy) is 2. The van der Waals surface area contributed by atoms with Crippen LogP contribution in [0, 0.1) is 5.92 Å². The number of epoxide rings is 1. The molecule has 0 amide bonds. The number of benzene rings is 2. The highest BCUT2D eigenvalue weighted by molar-refractivity contribution is 6.99. The minimum Gasteiger partial charge on any atom is -0.407 e. The predicted molar refractivity (Wildman–Crippen MR) is 116 cm³/mol. The largest absolute Gasteiger partial charge is 0.407 e. The lowest BCUT2D eigenvalue weighted by atomic mass is 9.77. The Morgan fingerprint density at radius 2 is 1.46 bits per heavy atom. The SMILES string of the molecule is CC1(C)OC2(CO2)C1CCO[Si](c1ccccc1)(c1ccccc1)C(C)(C)C. The number of rotatable bonds is 6. The average molecular weight is 397 g/mol. The molecule has 2 aliphatic rings. The third-order valence-corrected chi connectivity index (χ3v) is 11.4. The van der Waals surface area contributed by atoms with E-state index in [1.807, 2.05) is 0 Å². The second-order valence-corrected chi connectivity index (χ2v) is 14.0. The van der Waals surface area contributed by atoms with Gasteiger partial charge in [-0.1, -0.05) is 81.4 Å². The van der Waals surface area contributed by atoms with Crippen LogP contribution in [-0.4, -0.2) is 32.9 Å². The molecule has 4 heteroatoms. The Bertz CT molecular complexity index is 763. The van der Waals surface area contributed by atoms with Crippen LogP contribution in [0.3, 0.4) is 0 Å². The molecule has 2 saturated heterocycles. The quantitative estimate of drug-likeness (QED) is 0.544. The predicted octanol–water partition coefficient (Wildman–Crippen LogP) is 4.10. The second kappa shape index (κ2) is 6.80. The molecule has 2 heterocycles. The summed E-state index contributed by atoms with van der Waals surface area (Å²) in [6.45, 7) is 12.7. The van der Waals surface area contributed by atoms with E-state index < -0.39 is 8.32 Å². The molecule has 2 aliphatic heterocycles. The molecule has 2 atom stereocenters. The Hall–Kier alpha value is -1.46. The van der Waals surface area contributed by atoms with E-state index in [4.69, 9.17) is 13.9 Å². The van der Waals surface area contributed by atoms with Crippen molar-refractivity contribution in [3.63, 3.8) is 0 Å². The van der Waals surface area contributed by atoms with Crippen LogP contribution >= 0.6 is 0 Å². The van der Waals surface area contributed by atoms with Gasteiger partial charge in [-0.3, -0.25) is 0 Å². The van der Waals surface area contributed by atoms with Gasteiger partial charge in [0.25, 0.3) is 8.32 Å². The molecular weight excluding hydrogens is 364 g/mol. The number of hydrogen-bond acceptors (Lipinski definition) is 3. The fourth-order valence-electron chi connectivity index (χ4n) is 5.05. The summed E-state index contributed by atoms with van der Waals surface area (Å²) in [7, 11) is -2.46. The van der Waals surface area contributed by atoms with E-state index >= 15 is 0 Å². The first-order valence-corrected chi connectivity index (χ1v) is 12.2. The van der Waals surface area contributed by atoms with Gasteiger partial charge in [-0.05, 0) is 35.7 Å². The lowest BCUT2D eigenvalue weighted by Gasteiger charge is -2.50. The molecule has 3 nitrogen and oxygen atoms in total. The van der Waals surface area contributed by atoms with Gasteiger partial charge in [-0.15, -0.1) is 0 Å². The Kier molecular flexibility index (Phi) is 4.82. The maximum Gasteiger partial charge on any atom is 0.261 e. The van der Waals surface area contributed by atoms with Gasteiger partial charge >= 0.3 is 0 Å². The van der Waals surface area contributed by atoms with E-state index in [1.54, 1.807) is 0 Å². The van der Waals surface area contributed by atoms with Gasteiger partial charge in [-0.25, -0.2) is 0 Å². The second-order valence-electron chi connectivity index (χ2n) is 9.66. The summed E-state index contributed by atoms with van der Waals surface area (Å²) in [5.41, 5.74) is -0.134. The molecule has 0 N–H and O–H groups in total. The van der Waals surface area contributed by atoms with Gasteiger partial charge in [0, 0.05) is 12.5 Å². The van der Waals surface area contributed by atoms with Gasteiger partial charge in [0.2, 0.25) is 0 Å². The number of hydrogen-bond donors (Lipinski definition) is 0. The van der Waals surface area contributed by atoms with Gasteiger partial charge < -0.3 is 13.9 Å². The van der Waals surface area contributed by atoms with Gasteiger partial charge in [0.1, 0.15) is 6.61 Å². The summed E-state index contributed by atoms with van der Waals surface area (Å²) in [5.74, 6) is 0.0661. The zero-order chi connectivity index (χ0) is 20.0. The summed E-state index contributed by atoms with van der Waals surface area (Å²) in [4.78, 5) is 0. The first-order valence-electron chi connectivity index (χ1n) is 10.3. The normalized spacial score (nSPS) is 26.1. The third kappa shape index (κ3) is 3.16. The van der Waals surface area contributed by atoms with Crippen molar-refractivity contribution >= 4 is 18.7 Å². The summed E-state index contributed by atoms with van der Waals surface area (Å²) in [6.07, 6.45) is 0.956. The van der Waals surface area contributed by atoms with Crippen molar-refractivity contribution < 1.29 is 13.9 Å². The minimum absolute atomic E-state index is 0.00903. The summed E-state index contributed by atoms with van der Waals surface area (Å²) in [6, 6.07) is 21.7. The standard InChI is InChI=1S/C24H32O3Si/c1-22(2,3)28(19-12-8-6-9-13-19,20-14-10-7-11-15-20)26-17-16-21-23(4,5)27-24(21)18-25-24/h6-15,21H,16-18H2,1-5H3.